The fourth-order valence-electron chi connectivity index (χ4n) is 6.03. The summed E-state index contributed by atoms with van der Waals surface area (Å²) in [6, 6.07) is 20.6. The lowest BCUT2D eigenvalue weighted by Crippen LogP contribution is -2.34. The number of furan rings is 2. The van der Waals surface area contributed by atoms with E-state index in [1.165, 1.54) is 16.4 Å². The number of amides is 1. The van der Waals surface area contributed by atoms with Gasteiger partial charge in [0.05, 0.1) is 40.6 Å². The lowest BCUT2D eigenvalue weighted by Gasteiger charge is -2.30. The largest absolute Gasteiger partial charge is 0.467 e. The minimum atomic E-state index is -4.15. The molecule has 2 heterocycles. The van der Waals surface area contributed by atoms with Crippen LogP contribution in [-0.4, -0.2) is 51.4 Å². The van der Waals surface area contributed by atoms with Crippen molar-refractivity contribution in [3.8, 4) is 0 Å². The second-order valence-electron chi connectivity index (χ2n) is 11.7. The fourth-order valence-corrected chi connectivity index (χ4v) is 7.78. The molecule has 1 amide bonds. The number of rotatable bonds is 15. The van der Waals surface area contributed by atoms with Gasteiger partial charge in [0.15, 0.2) is 0 Å². The van der Waals surface area contributed by atoms with E-state index in [2.05, 4.69) is 18.7 Å². The molecule has 2 aromatic heterocycles. The number of esters is 1. The second kappa shape index (κ2) is 15.9. The van der Waals surface area contributed by atoms with E-state index in [4.69, 9.17) is 25.2 Å². The molecule has 0 fully saturated rings. The molecule has 0 radical (unpaired) electrons. The molecular weight excluding hydrogens is 678 g/mol. The van der Waals surface area contributed by atoms with Crippen molar-refractivity contribution in [3.05, 3.63) is 112 Å². The Labute approximate surface area is 298 Å². The highest BCUT2D eigenvalue weighted by Gasteiger charge is 2.30. The summed E-state index contributed by atoms with van der Waals surface area (Å²) < 4.78 is 46.9. The minimum absolute atomic E-state index is 0.0296. The molecule has 0 aliphatic rings. The van der Waals surface area contributed by atoms with Crippen LogP contribution in [0.3, 0.4) is 0 Å². The van der Waals surface area contributed by atoms with Gasteiger partial charge >= 0.3 is 5.97 Å². The van der Waals surface area contributed by atoms with Crippen molar-refractivity contribution in [2.75, 3.05) is 35.4 Å². The number of ether oxygens (including phenoxy) is 1. The normalized spacial score (nSPS) is 11.5. The first-order valence-corrected chi connectivity index (χ1v) is 18.5. The molecular formula is C38H42ClN3O7S. The molecule has 0 unspecified atom stereocenters. The number of fused-ring (bicyclic) bond motifs is 1. The predicted molar refractivity (Wildman–Crippen MR) is 195 cm³/mol. The van der Waals surface area contributed by atoms with Crippen LogP contribution < -0.4 is 9.21 Å². The number of halogens is 1. The van der Waals surface area contributed by atoms with Crippen LogP contribution in [-0.2, 0) is 27.8 Å². The fraction of sp³-hybridized carbons (Fsp3) is 0.316. The first kappa shape index (κ1) is 36.5. The number of nitrogens with zero attached hydrogens (tertiary/aromatic N) is 3. The van der Waals surface area contributed by atoms with E-state index in [1.807, 2.05) is 12.1 Å². The van der Waals surface area contributed by atoms with Crippen molar-refractivity contribution in [1.29, 1.82) is 0 Å². The summed E-state index contributed by atoms with van der Waals surface area (Å²) in [5, 5.41) is 0.804. The Morgan fingerprint density at radius 1 is 0.900 bits per heavy atom. The van der Waals surface area contributed by atoms with E-state index in [9.17, 15) is 18.0 Å². The van der Waals surface area contributed by atoms with Crippen LogP contribution in [0.2, 0.25) is 5.02 Å². The summed E-state index contributed by atoms with van der Waals surface area (Å²) >= 11 is 6.49. The van der Waals surface area contributed by atoms with Gasteiger partial charge in [-0.1, -0.05) is 30.7 Å². The third-order valence-corrected chi connectivity index (χ3v) is 10.7. The van der Waals surface area contributed by atoms with Crippen molar-refractivity contribution in [1.82, 2.24) is 4.90 Å². The van der Waals surface area contributed by atoms with E-state index < -0.39 is 16.0 Å². The zero-order valence-corrected chi connectivity index (χ0v) is 30.5. The van der Waals surface area contributed by atoms with Crippen LogP contribution in [0.15, 0.2) is 92.8 Å². The maximum Gasteiger partial charge on any atom is 0.374 e. The number of aryl methyl sites for hydroxylation is 1. The predicted octanol–water partition coefficient (Wildman–Crippen LogP) is 8.46. The average Bonchev–Trinajstić information content (AvgIpc) is 3.75. The second-order valence-corrected chi connectivity index (χ2v) is 14.0. The first-order valence-electron chi connectivity index (χ1n) is 16.7. The molecule has 0 aliphatic carbocycles. The lowest BCUT2D eigenvalue weighted by atomic mass is 10.1. The molecule has 264 valence electrons. The molecule has 0 aliphatic heterocycles. The highest BCUT2D eigenvalue weighted by Crippen LogP contribution is 2.35. The topological polar surface area (TPSA) is 114 Å². The number of benzene rings is 3. The number of carbonyl (C=O) groups is 2. The van der Waals surface area contributed by atoms with Crippen LogP contribution in [0.1, 0.15) is 71.9 Å². The number of sulfonamides is 1. The Balaban J connectivity index is 1.62. The van der Waals surface area contributed by atoms with E-state index >= 15 is 0 Å². The maximum absolute atomic E-state index is 14.5. The number of hydrogen-bond donors (Lipinski definition) is 0. The van der Waals surface area contributed by atoms with Gasteiger partial charge in [-0.3, -0.25) is 9.10 Å². The molecule has 0 atom stereocenters. The van der Waals surface area contributed by atoms with Crippen LogP contribution in [0.25, 0.3) is 11.0 Å². The minimum Gasteiger partial charge on any atom is -0.467 e. The van der Waals surface area contributed by atoms with Crippen molar-refractivity contribution >= 4 is 55.8 Å². The van der Waals surface area contributed by atoms with E-state index in [0.717, 1.165) is 25.2 Å². The molecule has 0 N–H and O–H groups in total. The van der Waals surface area contributed by atoms with Crippen LogP contribution in [0, 0.1) is 6.92 Å². The first-order chi connectivity index (χ1) is 24.0. The molecule has 0 saturated heterocycles. The average molecular weight is 720 g/mol. The third-order valence-electron chi connectivity index (χ3n) is 8.50. The Hall–Kier alpha value is -4.74. The summed E-state index contributed by atoms with van der Waals surface area (Å²) in [6.07, 6.45) is 2.47. The highest BCUT2D eigenvalue weighted by molar-refractivity contribution is 7.92. The molecule has 12 heteroatoms. The smallest absolute Gasteiger partial charge is 0.374 e. The number of anilines is 2. The van der Waals surface area contributed by atoms with Crippen molar-refractivity contribution in [2.45, 2.75) is 59.0 Å². The standard InChI is InChI=1S/C38H42ClN3O7S/c1-6-20-40(7-2)28-16-18-34(27(22-28)24-41(25-29-13-12-21-48-29)37(43)31-14-10-11-15-33(31)39)42(8-3)50(45,46)30-17-19-35-32(23-30)26(5)36(49-35)38(44)47-9-4/h10-19,21-23H,6-9,20,24-25H2,1-5H3. The highest BCUT2D eigenvalue weighted by atomic mass is 35.5. The van der Waals surface area contributed by atoms with E-state index in [0.29, 0.717) is 44.1 Å². The molecule has 5 rings (SSSR count). The quantitative estimate of drug-likeness (QED) is 0.0991. The van der Waals surface area contributed by atoms with Gasteiger partial charge in [-0.15, -0.1) is 0 Å². The number of hydrogen-bond acceptors (Lipinski definition) is 8. The van der Waals surface area contributed by atoms with Gasteiger partial charge in [0.25, 0.3) is 15.9 Å². The molecule has 5 aromatic rings. The zero-order valence-electron chi connectivity index (χ0n) is 28.9. The summed E-state index contributed by atoms with van der Waals surface area (Å²) in [5.74, 6) is -0.335. The van der Waals surface area contributed by atoms with Crippen molar-refractivity contribution in [3.63, 3.8) is 0 Å². The Kier molecular flexibility index (Phi) is 11.6. The Morgan fingerprint density at radius 2 is 1.68 bits per heavy atom. The van der Waals surface area contributed by atoms with E-state index in [-0.39, 0.29) is 42.8 Å². The van der Waals surface area contributed by atoms with Gasteiger partial charge in [-0.2, -0.15) is 0 Å². The van der Waals surface area contributed by atoms with E-state index in [1.54, 1.807) is 80.5 Å². The van der Waals surface area contributed by atoms with Crippen LogP contribution >= 0.6 is 11.6 Å². The molecule has 0 saturated carbocycles. The monoisotopic (exact) mass is 719 g/mol. The molecule has 0 spiro atoms. The summed E-state index contributed by atoms with van der Waals surface area (Å²) in [6.45, 7) is 11.4. The summed E-state index contributed by atoms with van der Waals surface area (Å²) in [7, 11) is -4.15. The Morgan fingerprint density at radius 3 is 2.34 bits per heavy atom. The Bertz CT molecular complexity index is 2080. The number of carbonyl (C=O) groups excluding carboxylic acids is 2. The molecule has 10 nitrogen and oxygen atoms in total. The van der Waals surface area contributed by atoms with Gasteiger partial charge in [0.2, 0.25) is 5.76 Å². The van der Waals surface area contributed by atoms with Crippen molar-refractivity contribution < 1.29 is 31.6 Å². The molecule has 3 aromatic carbocycles. The summed E-state index contributed by atoms with van der Waals surface area (Å²) in [4.78, 5) is 30.4. The summed E-state index contributed by atoms with van der Waals surface area (Å²) in [5.41, 5.74) is 3.15. The van der Waals surface area contributed by atoms with Crippen LogP contribution in [0.5, 0.6) is 0 Å². The SMILES string of the molecule is CCCN(CC)c1ccc(N(CC)S(=O)(=O)c2ccc3oc(C(=O)OCC)c(C)c3c2)c(CN(Cc2ccco2)C(=O)c2ccccc2Cl)c1. The van der Waals surface area contributed by atoms with Gasteiger partial charge in [0.1, 0.15) is 11.3 Å². The van der Waals surface area contributed by atoms with Gasteiger partial charge in [0, 0.05) is 42.8 Å². The zero-order chi connectivity index (χ0) is 36.0. The molecule has 50 heavy (non-hydrogen) atoms. The maximum atomic E-state index is 14.5. The van der Waals surface area contributed by atoms with Gasteiger partial charge < -0.3 is 23.4 Å². The van der Waals surface area contributed by atoms with Gasteiger partial charge in [-0.25, -0.2) is 13.2 Å². The van der Waals surface area contributed by atoms with Crippen LogP contribution in [0.4, 0.5) is 11.4 Å². The van der Waals surface area contributed by atoms with Crippen molar-refractivity contribution in [2.24, 2.45) is 0 Å². The third kappa shape index (κ3) is 7.53. The van der Waals surface area contributed by atoms with Gasteiger partial charge in [-0.05, 0) is 100 Å². The molecule has 0 bridgehead atoms. The lowest BCUT2D eigenvalue weighted by molar-refractivity contribution is 0.0491.